The van der Waals surface area contributed by atoms with E-state index in [9.17, 15) is 0 Å². The van der Waals surface area contributed by atoms with Crippen LogP contribution in [-0.2, 0) is 6.54 Å². The zero-order chi connectivity index (χ0) is 13.9. The van der Waals surface area contributed by atoms with Crippen molar-refractivity contribution in [3.8, 4) is 6.07 Å². The lowest BCUT2D eigenvalue weighted by Gasteiger charge is -2.08. The van der Waals surface area contributed by atoms with Crippen LogP contribution in [0.25, 0.3) is 11.0 Å². The van der Waals surface area contributed by atoms with Gasteiger partial charge in [-0.05, 0) is 35.9 Å². The fourth-order valence-electron chi connectivity index (χ4n) is 2.08. The van der Waals surface area contributed by atoms with Crippen molar-refractivity contribution in [1.82, 2.24) is 9.97 Å². The van der Waals surface area contributed by atoms with Gasteiger partial charge in [-0.15, -0.1) is 0 Å². The summed E-state index contributed by atoms with van der Waals surface area (Å²) < 4.78 is 0. The molecule has 0 aliphatic carbocycles. The number of hydrogen-bond donors (Lipinski definition) is 2. The van der Waals surface area contributed by atoms with Crippen LogP contribution in [0.4, 0.5) is 5.69 Å². The molecule has 0 saturated carbocycles. The van der Waals surface area contributed by atoms with Crippen molar-refractivity contribution < 1.29 is 0 Å². The van der Waals surface area contributed by atoms with Crippen molar-refractivity contribution in [2.24, 2.45) is 0 Å². The second-order valence-electron chi connectivity index (χ2n) is 4.37. The molecule has 0 unspecified atom stereocenters. The average Bonchev–Trinajstić information content (AvgIpc) is 2.90. The summed E-state index contributed by atoms with van der Waals surface area (Å²) in [5.41, 5.74) is 3.30. The van der Waals surface area contributed by atoms with Gasteiger partial charge in [0.05, 0.1) is 22.3 Å². The molecule has 0 atom stereocenters. The summed E-state index contributed by atoms with van der Waals surface area (Å²) in [4.78, 5) is 7.37. The highest BCUT2D eigenvalue weighted by Crippen LogP contribution is 2.24. The van der Waals surface area contributed by atoms with Crippen molar-refractivity contribution >= 4 is 28.3 Å². The topological polar surface area (TPSA) is 64.5 Å². The third-order valence-corrected chi connectivity index (χ3v) is 3.43. The molecular formula is C15H11ClN4. The molecule has 5 heteroatoms. The predicted molar refractivity (Wildman–Crippen MR) is 79.6 cm³/mol. The molecule has 0 saturated heterocycles. The average molecular weight is 283 g/mol. The van der Waals surface area contributed by atoms with Gasteiger partial charge in [0.15, 0.2) is 0 Å². The molecule has 4 nitrogen and oxygen atoms in total. The lowest BCUT2D eigenvalue weighted by Crippen LogP contribution is -1.99. The number of halogens is 1. The zero-order valence-electron chi connectivity index (χ0n) is 10.5. The van der Waals surface area contributed by atoms with Gasteiger partial charge in [-0.3, -0.25) is 0 Å². The van der Waals surface area contributed by atoms with Crippen molar-refractivity contribution in [2.45, 2.75) is 6.54 Å². The molecule has 3 aromatic rings. The standard InChI is InChI=1S/C15H11ClN4/c16-13-4-3-10(7-17)6-14(13)19-8-11-9-20-15-12(11)2-1-5-18-15/h1-6,9,19H,8H2,(H,18,20). The highest BCUT2D eigenvalue weighted by Gasteiger charge is 2.06. The second-order valence-corrected chi connectivity index (χ2v) is 4.78. The Kier molecular flexibility index (Phi) is 3.28. The minimum absolute atomic E-state index is 0.581. The van der Waals surface area contributed by atoms with Crippen molar-refractivity contribution in [3.05, 3.63) is 58.9 Å². The zero-order valence-corrected chi connectivity index (χ0v) is 11.3. The summed E-state index contributed by atoms with van der Waals surface area (Å²) in [5.74, 6) is 0. The van der Waals surface area contributed by atoms with Gasteiger partial charge < -0.3 is 10.3 Å². The number of fused-ring (bicyclic) bond motifs is 1. The number of pyridine rings is 1. The van der Waals surface area contributed by atoms with E-state index in [1.807, 2.05) is 18.3 Å². The van der Waals surface area contributed by atoms with Crippen LogP contribution in [0.3, 0.4) is 0 Å². The Morgan fingerprint density at radius 3 is 3.10 bits per heavy atom. The minimum Gasteiger partial charge on any atom is -0.380 e. The fraction of sp³-hybridized carbons (Fsp3) is 0.0667. The Morgan fingerprint density at radius 1 is 1.35 bits per heavy atom. The van der Waals surface area contributed by atoms with Crippen LogP contribution in [0.5, 0.6) is 0 Å². The van der Waals surface area contributed by atoms with E-state index in [-0.39, 0.29) is 0 Å². The summed E-state index contributed by atoms with van der Waals surface area (Å²) in [6.45, 7) is 0.611. The first-order valence-electron chi connectivity index (χ1n) is 6.12. The molecule has 0 spiro atoms. The monoisotopic (exact) mass is 282 g/mol. The molecule has 2 aromatic heterocycles. The van der Waals surface area contributed by atoms with Gasteiger partial charge in [0.1, 0.15) is 5.65 Å². The first kappa shape index (κ1) is 12.5. The number of nitriles is 1. The number of rotatable bonds is 3. The van der Waals surface area contributed by atoms with E-state index in [4.69, 9.17) is 16.9 Å². The predicted octanol–water partition coefficient (Wildman–Crippen LogP) is 3.70. The molecule has 3 rings (SSSR count). The SMILES string of the molecule is N#Cc1ccc(Cl)c(NCc2c[nH]c3ncccc23)c1. The maximum atomic E-state index is 8.91. The lowest BCUT2D eigenvalue weighted by atomic mass is 10.2. The number of aromatic nitrogens is 2. The normalized spacial score (nSPS) is 10.4. The summed E-state index contributed by atoms with van der Waals surface area (Å²) in [6.07, 6.45) is 3.68. The van der Waals surface area contributed by atoms with E-state index in [0.29, 0.717) is 17.1 Å². The largest absolute Gasteiger partial charge is 0.380 e. The summed E-state index contributed by atoms with van der Waals surface area (Å²) in [7, 11) is 0. The number of anilines is 1. The third-order valence-electron chi connectivity index (χ3n) is 3.10. The van der Waals surface area contributed by atoms with E-state index in [1.165, 1.54) is 0 Å². The number of hydrogen-bond acceptors (Lipinski definition) is 3. The molecule has 2 heterocycles. The summed E-state index contributed by atoms with van der Waals surface area (Å²) in [6, 6.07) is 11.2. The second kappa shape index (κ2) is 5.24. The minimum atomic E-state index is 0.581. The van der Waals surface area contributed by atoms with Gasteiger partial charge in [0.25, 0.3) is 0 Å². The van der Waals surface area contributed by atoms with Crippen LogP contribution in [-0.4, -0.2) is 9.97 Å². The van der Waals surface area contributed by atoms with Crippen LogP contribution in [0.1, 0.15) is 11.1 Å². The Morgan fingerprint density at radius 2 is 2.25 bits per heavy atom. The Hall–Kier alpha value is -2.51. The lowest BCUT2D eigenvalue weighted by molar-refractivity contribution is 1.16. The van der Waals surface area contributed by atoms with Gasteiger partial charge in [-0.25, -0.2) is 4.98 Å². The smallest absolute Gasteiger partial charge is 0.137 e. The molecule has 20 heavy (non-hydrogen) atoms. The van der Waals surface area contributed by atoms with E-state index in [2.05, 4.69) is 21.4 Å². The van der Waals surface area contributed by atoms with Crippen molar-refractivity contribution in [1.29, 1.82) is 5.26 Å². The van der Waals surface area contributed by atoms with Crippen molar-refractivity contribution in [3.63, 3.8) is 0 Å². The van der Waals surface area contributed by atoms with Crippen LogP contribution in [0.2, 0.25) is 5.02 Å². The van der Waals surface area contributed by atoms with Gasteiger partial charge in [-0.2, -0.15) is 5.26 Å². The molecule has 1 aromatic carbocycles. The summed E-state index contributed by atoms with van der Waals surface area (Å²) >= 11 is 6.12. The number of aromatic amines is 1. The van der Waals surface area contributed by atoms with Gasteiger partial charge in [-0.1, -0.05) is 11.6 Å². The van der Waals surface area contributed by atoms with Gasteiger partial charge >= 0.3 is 0 Å². The Balaban J connectivity index is 1.85. The van der Waals surface area contributed by atoms with Crippen LogP contribution in [0, 0.1) is 11.3 Å². The third kappa shape index (κ3) is 2.31. The van der Waals surface area contributed by atoms with E-state index in [1.54, 1.807) is 24.4 Å². The first-order valence-corrected chi connectivity index (χ1v) is 6.50. The van der Waals surface area contributed by atoms with E-state index >= 15 is 0 Å². The maximum Gasteiger partial charge on any atom is 0.137 e. The summed E-state index contributed by atoms with van der Waals surface area (Å²) in [5, 5.41) is 13.8. The number of nitrogens with one attached hydrogen (secondary N) is 2. The van der Waals surface area contributed by atoms with Crippen LogP contribution < -0.4 is 5.32 Å². The first-order chi connectivity index (χ1) is 9.78. The molecular weight excluding hydrogens is 272 g/mol. The van der Waals surface area contributed by atoms with Crippen LogP contribution >= 0.6 is 11.6 Å². The van der Waals surface area contributed by atoms with Crippen molar-refractivity contribution in [2.75, 3.05) is 5.32 Å². The fourth-order valence-corrected chi connectivity index (χ4v) is 2.26. The number of nitrogens with zero attached hydrogens (tertiary/aromatic N) is 2. The molecule has 0 radical (unpaired) electrons. The molecule has 0 aliphatic heterocycles. The van der Waals surface area contributed by atoms with Gasteiger partial charge in [0, 0.05) is 24.3 Å². The molecule has 0 aliphatic rings. The molecule has 0 amide bonds. The molecule has 0 fully saturated rings. The maximum absolute atomic E-state index is 8.91. The molecule has 0 bridgehead atoms. The van der Waals surface area contributed by atoms with E-state index < -0.39 is 0 Å². The highest BCUT2D eigenvalue weighted by molar-refractivity contribution is 6.33. The Bertz CT molecular complexity index is 801. The number of H-pyrrole nitrogens is 1. The quantitative estimate of drug-likeness (QED) is 0.770. The highest BCUT2D eigenvalue weighted by atomic mass is 35.5. The number of benzene rings is 1. The van der Waals surface area contributed by atoms with Gasteiger partial charge in [0.2, 0.25) is 0 Å². The van der Waals surface area contributed by atoms with Crippen LogP contribution in [0.15, 0.2) is 42.7 Å². The molecule has 2 N–H and O–H groups in total. The van der Waals surface area contributed by atoms with E-state index in [0.717, 1.165) is 22.3 Å². The Labute approximate surface area is 121 Å². The molecule has 98 valence electrons.